The van der Waals surface area contributed by atoms with Gasteiger partial charge in [0.05, 0.1) is 12.2 Å². The fourth-order valence-corrected chi connectivity index (χ4v) is 1.66. The number of aromatic nitrogens is 1. The van der Waals surface area contributed by atoms with Crippen molar-refractivity contribution < 1.29 is 0 Å². The van der Waals surface area contributed by atoms with E-state index in [4.69, 9.17) is 0 Å². The normalized spacial score (nSPS) is 15.5. The molecule has 0 saturated heterocycles. The summed E-state index contributed by atoms with van der Waals surface area (Å²) in [5.74, 6) is 0. The maximum atomic E-state index is 4.53. The summed E-state index contributed by atoms with van der Waals surface area (Å²) in [5, 5.41) is 0. The van der Waals surface area contributed by atoms with E-state index >= 15 is 0 Å². The molecule has 0 spiro atoms. The Hall–Kier alpha value is -1.18. The number of pyridine rings is 1. The lowest BCUT2D eigenvalue weighted by molar-refractivity contribution is 0.592. The highest BCUT2D eigenvalue weighted by molar-refractivity contribution is 6.06. The molecule has 0 atom stereocenters. The van der Waals surface area contributed by atoms with Crippen LogP contribution in [0.3, 0.4) is 0 Å². The molecule has 68 valence electrons. The van der Waals surface area contributed by atoms with Crippen LogP contribution in [0.15, 0.2) is 23.3 Å². The van der Waals surface area contributed by atoms with E-state index in [1.54, 1.807) is 0 Å². The van der Waals surface area contributed by atoms with Crippen LogP contribution in [0, 0.1) is 5.41 Å². The third-order valence-corrected chi connectivity index (χ3v) is 2.24. The molecular weight excluding hydrogens is 160 g/mol. The van der Waals surface area contributed by atoms with E-state index < -0.39 is 0 Å². The standard InChI is InChI=1S/C11H14N2/c1-11(2,3)10-8-5-4-6-12-9(8)7-13-10/h4-6H,7H2,1-3H3. The summed E-state index contributed by atoms with van der Waals surface area (Å²) in [6.45, 7) is 7.32. The molecule has 1 aliphatic rings. The van der Waals surface area contributed by atoms with E-state index in [1.807, 2.05) is 12.3 Å². The van der Waals surface area contributed by atoms with Gasteiger partial charge in [-0.2, -0.15) is 0 Å². The molecule has 0 amide bonds. The van der Waals surface area contributed by atoms with Crippen LogP contribution in [0.5, 0.6) is 0 Å². The van der Waals surface area contributed by atoms with Crippen molar-refractivity contribution in [3.8, 4) is 0 Å². The Morgan fingerprint density at radius 1 is 1.31 bits per heavy atom. The Morgan fingerprint density at radius 3 is 2.77 bits per heavy atom. The third kappa shape index (κ3) is 1.37. The molecule has 0 aliphatic carbocycles. The second-order valence-electron chi connectivity index (χ2n) is 4.41. The number of rotatable bonds is 0. The second kappa shape index (κ2) is 2.66. The zero-order valence-corrected chi connectivity index (χ0v) is 8.33. The second-order valence-corrected chi connectivity index (χ2v) is 4.41. The SMILES string of the molecule is CC(C)(C)C1=NCc2ncccc21. The lowest BCUT2D eigenvalue weighted by atomic mass is 9.86. The first-order valence-electron chi connectivity index (χ1n) is 4.58. The number of hydrogen-bond donors (Lipinski definition) is 0. The van der Waals surface area contributed by atoms with E-state index in [2.05, 4.69) is 36.8 Å². The van der Waals surface area contributed by atoms with Crippen LogP contribution < -0.4 is 0 Å². The molecule has 0 bridgehead atoms. The van der Waals surface area contributed by atoms with Gasteiger partial charge in [-0.25, -0.2) is 0 Å². The van der Waals surface area contributed by atoms with Crippen molar-refractivity contribution in [3.63, 3.8) is 0 Å². The summed E-state index contributed by atoms with van der Waals surface area (Å²) >= 11 is 0. The third-order valence-electron chi connectivity index (χ3n) is 2.24. The van der Waals surface area contributed by atoms with Crippen molar-refractivity contribution in [2.45, 2.75) is 27.3 Å². The molecule has 1 aromatic rings. The Morgan fingerprint density at radius 2 is 2.08 bits per heavy atom. The Labute approximate surface area is 78.7 Å². The largest absolute Gasteiger partial charge is 0.282 e. The minimum atomic E-state index is 0.133. The van der Waals surface area contributed by atoms with Crippen molar-refractivity contribution in [2.24, 2.45) is 10.4 Å². The van der Waals surface area contributed by atoms with Gasteiger partial charge < -0.3 is 0 Å². The maximum absolute atomic E-state index is 4.53. The lowest BCUT2D eigenvalue weighted by Gasteiger charge is -2.19. The van der Waals surface area contributed by atoms with Crippen molar-refractivity contribution in [3.05, 3.63) is 29.6 Å². The lowest BCUT2D eigenvalue weighted by Crippen LogP contribution is -2.19. The average molecular weight is 174 g/mol. The number of nitrogens with zero attached hydrogens (tertiary/aromatic N) is 2. The van der Waals surface area contributed by atoms with Gasteiger partial charge in [0.2, 0.25) is 0 Å². The van der Waals surface area contributed by atoms with Crippen LogP contribution in [0.2, 0.25) is 0 Å². The molecule has 0 N–H and O–H groups in total. The first-order valence-corrected chi connectivity index (χ1v) is 4.58. The van der Waals surface area contributed by atoms with Gasteiger partial charge in [-0.15, -0.1) is 0 Å². The van der Waals surface area contributed by atoms with Crippen molar-refractivity contribution >= 4 is 5.71 Å². The highest BCUT2D eigenvalue weighted by atomic mass is 14.9. The molecule has 1 aromatic heterocycles. The molecule has 1 aliphatic heterocycles. The molecule has 2 heterocycles. The molecular formula is C11H14N2. The predicted octanol–water partition coefficient (Wildman–Crippen LogP) is 2.43. The van der Waals surface area contributed by atoms with Crippen LogP contribution in [0.1, 0.15) is 32.0 Å². The molecule has 2 nitrogen and oxygen atoms in total. The predicted molar refractivity (Wildman–Crippen MR) is 53.9 cm³/mol. The van der Waals surface area contributed by atoms with E-state index in [0.29, 0.717) is 0 Å². The van der Waals surface area contributed by atoms with Gasteiger partial charge in [0.1, 0.15) is 0 Å². The fourth-order valence-electron chi connectivity index (χ4n) is 1.66. The minimum absolute atomic E-state index is 0.133. The molecule has 2 heteroatoms. The van der Waals surface area contributed by atoms with Gasteiger partial charge in [-0.05, 0) is 12.1 Å². The molecule has 0 unspecified atom stereocenters. The van der Waals surface area contributed by atoms with Gasteiger partial charge in [0, 0.05) is 22.9 Å². The first-order chi connectivity index (χ1) is 6.09. The Bertz CT molecular complexity index is 359. The minimum Gasteiger partial charge on any atom is -0.282 e. The summed E-state index contributed by atoms with van der Waals surface area (Å²) < 4.78 is 0. The number of hydrogen-bond acceptors (Lipinski definition) is 2. The highest BCUT2D eigenvalue weighted by Gasteiger charge is 2.26. The van der Waals surface area contributed by atoms with Crippen LogP contribution in [-0.4, -0.2) is 10.7 Å². The summed E-state index contributed by atoms with van der Waals surface area (Å²) in [5.41, 5.74) is 3.67. The number of fused-ring (bicyclic) bond motifs is 1. The summed E-state index contributed by atoms with van der Waals surface area (Å²) in [6, 6.07) is 4.09. The average Bonchev–Trinajstić information content (AvgIpc) is 2.45. The smallest absolute Gasteiger partial charge is 0.0822 e. The molecule has 2 rings (SSSR count). The van der Waals surface area contributed by atoms with Gasteiger partial charge in [0.15, 0.2) is 0 Å². The first kappa shape index (κ1) is 8.42. The van der Waals surface area contributed by atoms with Crippen LogP contribution in [0.25, 0.3) is 0 Å². The van der Waals surface area contributed by atoms with E-state index in [0.717, 1.165) is 12.2 Å². The van der Waals surface area contributed by atoms with Crippen LogP contribution in [0.4, 0.5) is 0 Å². The molecule has 0 fully saturated rings. The van der Waals surface area contributed by atoms with Gasteiger partial charge in [0.25, 0.3) is 0 Å². The summed E-state index contributed by atoms with van der Waals surface area (Å²) in [7, 11) is 0. The van der Waals surface area contributed by atoms with E-state index in [-0.39, 0.29) is 5.41 Å². The maximum Gasteiger partial charge on any atom is 0.0822 e. The Balaban J connectivity index is 2.48. The topological polar surface area (TPSA) is 25.2 Å². The summed E-state index contributed by atoms with van der Waals surface area (Å²) in [4.78, 5) is 8.84. The molecule has 13 heavy (non-hydrogen) atoms. The van der Waals surface area contributed by atoms with Crippen molar-refractivity contribution in [1.29, 1.82) is 0 Å². The monoisotopic (exact) mass is 174 g/mol. The van der Waals surface area contributed by atoms with Gasteiger partial charge >= 0.3 is 0 Å². The van der Waals surface area contributed by atoms with Crippen LogP contribution >= 0.6 is 0 Å². The quantitative estimate of drug-likeness (QED) is 0.593. The van der Waals surface area contributed by atoms with Crippen molar-refractivity contribution in [2.75, 3.05) is 0 Å². The summed E-state index contributed by atoms with van der Waals surface area (Å²) in [6.07, 6.45) is 1.83. The molecule has 0 saturated carbocycles. The van der Waals surface area contributed by atoms with E-state index in [9.17, 15) is 0 Å². The molecule has 0 aromatic carbocycles. The van der Waals surface area contributed by atoms with Gasteiger partial charge in [-0.1, -0.05) is 20.8 Å². The zero-order valence-electron chi connectivity index (χ0n) is 8.33. The van der Waals surface area contributed by atoms with E-state index in [1.165, 1.54) is 11.3 Å². The molecule has 0 radical (unpaired) electrons. The number of aliphatic imine (C=N–C) groups is 1. The highest BCUT2D eigenvalue weighted by Crippen LogP contribution is 2.28. The zero-order chi connectivity index (χ0) is 9.47. The van der Waals surface area contributed by atoms with Crippen molar-refractivity contribution in [1.82, 2.24) is 4.98 Å². The fraction of sp³-hybridized carbons (Fsp3) is 0.455. The van der Waals surface area contributed by atoms with Crippen LogP contribution in [-0.2, 0) is 6.54 Å². The Kier molecular flexibility index (Phi) is 1.72. The van der Waals surface area contributed by atoms with Gasteiger partial charge in [-0.3, -0.25) is 9.98 Å².